The van der Waals surface area contributed by atoms with Crippen LogP contribution in [-0.4, -0.2) is 16.5 Å². The van der Waals surface area contributed by atoms with Gasteiger partial charge in [0.05, 0.1) is 0 Å². The summed E-state index contributed by atoms with van der Waals surface area (Å²) in [5.74, 6) is -2.03. The Bertz CT molecular complexity index is 625. The van der Waals surface area contributed by atoms with Crippen LogP contribution in [0.1, 0.15) is 12.7 Å². The molecular weight excluding hydrogens is 288 g/mol. The molecule has 0 saturated heterocycles. The predicted molar refractivity (Wildman–Crippen MR) is 70.5 cm³/mol. The molecule has 1 aromatic carbocycles. The Morgan fingerprint density at radius 2 is 1.76 bits per heavy atom. The van der Waals surface area contributed by atoms with Gasteiger partial charge in [0.1, 0.15) is 17.5 Å². The lowest BCUT2D eigenvalue weighted by Crippen LogP contribution is -2.21. The number of nitrogens with zero attached hydrogens (tertiary/aromatic N) is 3. The van der Waals surface area contributed by atoms with Gasteiger partial charge < -0.3 is 10.6 Å². The summed E-state index contributed by atoms with van der Waals surface area (Å²) in [7, 11) is 0. The second-order valence-corrected chi connectivity index (χ2v) is 4.19. The molecule has 0 aliphatic rings. The molecule has 0 fully saturated rings. The summed E-state index contributed by atoms with van der Waals surface area (Å²) in [6.45, 7) is 2.06. The fourth-order valence-electron chi connectivity index (χ4n) is 1.82. The lowest BCUT2D eigenvalue weighted by atomic mass is 10.2. The maximum absolute atomic E-state index is 12.9. The van der Waals surface area contributed by atoms with Crippen LogP contribution < -0.4 is 10.6 Å². The number of benzene rings is 1. The van der Waals surface area contributed by atoms with Crippen molar-refractivity contribution >= 4 is 17.3 Å². The van der Waals surface area contributed by atoms with Crippen molar-refractivity contribution < 1.29 is 17.6 Å². The van der Waals surface area contributed by atoms with Gasteiger partial charge in [-0.3, -0.25) is 0 Å². The van der Waals surface area contributed by atoms with Gasteiger partial charge in [0.25, 0.3) is 0 Å². The molecule has 2 N–H and O–H groups in total. The first-order chi connectivity index (χ1) is 9.81. The Balaban J connectivity index is 2.47. The quantitative estimate of drug-likeness (QED) is 0.883. The summed E-state index contributed by atoms with van der Waals surface area (Å²) >= 11 is 0. The van der Waals surface area contributed by atoms with Crippen molar-refractivity contribution in [3.05, 3.63) is 42.0 Å². The summed E-state index contributed by atoms with van der Waals surface area (Å²) in [5.41, 5.74) is 5.92. The fraction of sp³-hybridized carbons (Fsp3) is 0.231. The highest BCUT2D eigenvalue weighted by atomic mass is 19.4. The molecule has 0 aliphatic carbocycles. The smallest absolute Gasteiger partial charge is 0.384 e. The normalized spacial score (nSPS) is 11.5. The number of anilines is 3. The van der Waals surface area contributed by atoms with Crippen LogP contribution in [0.5, 0.6) is 0 Å². The van der Waals surface area contributed by atoms with Crippen LogP contribution in [0.4, 0.5) is 34.9 Å². The second kappa shape index (κ2) is 5.55. The summed E-state index contributed by atoms with van der Waals surface area (Å²) in [5, 5.41) is 0. The molecule has 4 nitrogen and oxygen atoms in total. The van der Waals surface area contributed by atoms with Crippen molar-refractivity contribution in [2.45, 2.75) is 13.1 Å². The summed E-state index contributed by atoms with van der Waals surface area (Å²) in [6, 6.07) is 6.57. The Morgan fingerprint density at radius 3 is 2.29 bits per heavy atom. The van der Waals surface area contributed by atoms with E-state index in [0.29, 0.717) is 12.2 Å². The molecule has 0 amide bonds. The van der Waals surface area contributed by atoms with Gasteiger partial charge in [-0.1, -0.05) is 0 Å². The number of alkyl halides is 3. The van der Waals surface area contributed by atoms with Crippen molar-refractivity contribution in [3.63, 3.8) is 0 Å². The molecule has 2 aromatic rings. The average molecular weight is 300 g/mol. The minimum atomic E-state index is -4.69. The van der Waals surface area contributed by atoms with Crippen LogP contribution in [0, 0.1) is 5.82 Å². The number of nitrogen functional groups attached to an aromatic ring is 1. The number of halogens is 4. The van der Waals surface area contributed by atoms with Gasteiger partial charge >= 0.3 is 6.18 Å². The molecule has 112 valence electrons. The maximum atomic E-state index is 12.9. The van der Waals surface area contributed by atoms with Crippen LogP contribution in [0.15, 0.2) is 30.3 Å². The minimum Gasteiger partial charge on any atom is -0.384 e. The van der Waals surface area contributed by atoms with E-state index in [0.717, 1.165) is 0 Å². The molecule has 0 atom stereocenters. The maximum Gasteiger partial charge on any atom is 0.451 e. The van der Waals surface area contributed by atoms with Crippen molar-refractivity contribution in [3.8, 4) is 0 Å². The number of hydrogen-bond acceptors (Lipinski definition) is 4. The topological polar surface area (TPSA) is 55.0 Å². The van der Waals surface area contributed by atoms with Crippen molar-refractivity contribution in [1.82, 2.24) is 9.97 Å². The van der Waals surface area contributed by atoms with Gasteiger partial charge in [0.15, 0.2) is 0 Å². The third kappa shape index (κ3) is 3.39. The zero-order valence-electron chi connectivity index (χ0n) is 11.0. The molecular formula is C13H12F4N4. The molecule has 2 rings (SSSR count). The molecule has 1 aromatic heterocycles. The van der Waals surface area contributed by atoms with Crippen molar-refractivity contribution in [2.24, 2.45) is 0 Å². The van der Waals surface area contributed by atoms with Gasteiger partial charge in [-0.05, 0) is 31.2 Å². The van der Waals surface area contributed by atoms with Gasteiger partial charge in [-0.2, -0.15) is 13.2 Å². The van der Waals surface area contributed by atoms with Crippen LogP contribution in [0.3, 0.4) is 0 Å². The Morgan fingerprint density at radius 1 is 1.14 bits per heavy atom. The molecule has 1 heterocycles. The van der Waals surface area contributed by atoms with Gasteiger partial charge in [-0.25, -0.2) is 14.4 Å². The van der Waals surface area contributed by atoms with Gasteiger partial charge in [0, 0.05) is 18.3 Å². The first-order valence-electron chi connectivity index (χ1n) is 6.06. The summed E-state index contributed by atoms with van der Waals surface area (Å²) in [4.78, 5) is 8.15. The van der Waals surface area contributed by atoms with E-state index in [4.69, 9.17) is 5.73 Å². The lowest BCUT2D eigenvalue weighted by molar-refractivity contribution is -0.144. The van der Waals surface area contributed by atoms with E-state index < -0.39 is 17.8 Å². The first-order valence-corrected chi connectivity index (χ1v) is 6.06. The zero-order chi connectivity index (χ0) is 15.6. The molecule has 0 spiro atoms. The van der Waals surface area contributed by atoms with Crippen LogP contribution in [0.2, 0.25) is 0 Å². The first kappa shape index (κ1) is 15.0. The Kier molecular flexibility index (Phi) is 3.97. The van der Waals surface area contributed by atoms with Crippen LogP contribution in [0.25, 0.3) is 0 Å². The zero-order valence-corrected chi connectivity index (χ0v) is 11.0. The van der Waals surface area contributed by atoms with E-state index in [9.17, 15) is 17.6 Å². The standard InChI is InChI=1S/C13H12F4N4/c1-2-21(9-5-3-8(14)4-6-9)11-7-10(18)19-12(20-11)13(15,16)17/h3-7H,2H2,1H3,(H2,18,19,20). The SMILES string of the molecule is CCN(c1ccc(F)cc1)c1cc(N)nc(C(F)(F)F)n1. The monoisotopic (exact) mass is 300 g/mol. The molecule has 0 aliphatic heterocycles. The van der Waals surface area contributed by atoms with E-state index in [2.05, 4.69) is 9.97 Å². The highest BCUT2D eigenvalue weighted by Crippen LogP contribution is 2.30. The molecule has 21 heavy (non-hydrogen) atoms. The van der Waals surface area contributed by atoms with E-state index >= 15 is 0 Å². The fourth-order valence-corrected chi connectivity index (χ4v) is 1.82. The largest absolute Gasteiger partial charge is 0.451 e. The number of nitrogens with two attached hydrogens (primary N) is 1. The molecule has 0 radical (unpaired) electrons. The molecule has 8 heteroatoms. The summed E-state index contributed by atoms with van der Waals surface area (Å²) in [6.07, 6.45) is -4.69. The Labute approximate surface area is 118 Å². The van der Waals surface area contributed by atoms with Gasteiger partial charge in [0.2, 0.25) is 5.82 Å². The molecule has 0 bridgehead atoms. The number of aromatic nitrogens is 2. The minimum absolute atomic E-state index is 0.00364. The number of hydrogen-bond donors (Lipinski definition) is 1. The highest BCUT2D eigenvalue weighted by molar-refractivity contribution is 5.61. The van der Waals surface area contributed by atoms with E-state index in [1.165, 1.54) is 35.2 Å². The second-order valence-electron chi connectivity index (χ2n) is 4.19. The highest BCUT2D eigenvalue weighted by Gasteiger charge is 2.35. The van der Waals surface area contributed by atoms with Crippen molar-refractivity contribution in [1.29, 1.82) is 0 Å². The van der Waals surface area contributed by atoms with Crippen molar-refractivity contribution in [2.75, 3.05) is 17.2 Å². The molecule has 0 unspecified atom stereocenters. The average Bonchev–Trinajstić information content (AvgIpc) is 2.40. The lowest BCUT2D eigenvalue weighted by Gasteiger charge is -2.23. The van der Waals surface area contributed by atoms with E-state index in [-0.39, 0.29) is 11.6 Å². The predicted octanol–water partition coefficient (Wildman–Crippen LogP) is 3.37. The van der Waals surface area contributed by atoms with Crippen LogP contribution in [-0.2, 0) is 6.18 Å². The van der Waals surface area contributed by atoms with Gasteiger partial charge in [-0.15, -0.1) is 0 Å². The van der Waals surface area contributed by atoms with E-state index in [1.54, 1.807) is 6.92 Å². The number of rotatable bonds is 3. The Hall–Kier alpha value is -2.38. The summed E-state index contributed by atoms with van der Waals surface area (Å²) < 4.78 is 51.1. The molecule has 0 saturated carbocycles. The third-order valence-corrected chi connectivity index (χ3v) is 2.72. The van der Waals surface area contributed by atoms with Crippen LogP contribution >= 0.6 is 0 Å². The third-order valence-electron chi connectivity index (χ3n) is 2.72. The van der Waals surface area contributed by atoms with E-state index in [1.807, 2.05) is 0 Å².